The van der Waals surface area contributed by atoms with Crippen molar-refractivity contribution in [2.75, 3.05) is 25.0 Å². The largest absolute Gasteiger partial charge is 0.396 e. The van der Waals surface area contributed by atoms with Gasteiger partial charge in [-0.25, -0.2) is 4.79 Å². The molecule has 0 unspecified atom stereocenters. The van der Waals surface area contributed by atoms with Crippen molar-refractivity contribution in [3.8, 4) is 0 Å². The molecule has 0 bridgehead atoms. The molecule has 2 N–H and O–H groups in total. The van der Waals surface area contributed by atoms with Crippen LogP contribution >= 0.6 is 0 Å². The number of aliphatic hydroxyl groups is 1. The second-order valence-corrected chi connectivity index (χ2v) is 6.38. The number of carbonyl (C=O) groups is 1. The summed E-state index contributed by atoms with van der Waals surface area (Å²) < 4.78 is 0. The van der Waals surface area contributed by atoms with Gasteiger partial charge in [-0.15, -0.1) is 0 Å². The number of aryl methyl sites for hydroxylation is 1. The molecule has 1 heterocycles. The van der Waals surface area contributed by atoms with Crippen molar-refractivity contribution in [2.45, 2.75) is 39.5 Å². The molecule has 2 amide bonds. The first kappa shape index (κ1) is 18.2. The van der Waals surface area contributed by atoms with Crippen molar-refractivity contribution in [1.82, 2.24) is 4.90 Å². The van der Waals surface area contributed by atoms with Crippen LogP contribution in [0.15, 0.2) is 18.2 Å². The lowest BCUT2D eigenvalue weighted by Crippen LogP contribution is -2.46. The van der Waals surface area contributed by atoms with E-state index < -0.39 is 4.92 Å². The number of likely N-dealkylation sites (tertiary alicyclic amines) is 1. The molecule has 0 atom stereocenters. The fraction of sp³-hybridized carbons (Fsp3) is 0.588. The van der Waals surface area contributed by atoms with Gasteiger partial charge >= 0.3 is 6.03 Å². The standard InChI is InChI=1S/C17H25N3O4/c1-3-13-5-6-14(11-15(13)20(23)24)18-16(22)19-9-7-17(4-2,12-21)8-10-19/h5-6,11,21H,3-4,7-10,12H2,1-2H3,(H,18,22). The number of rotatable bonds is 5. The molecule has 1 saturated heterocycles. The number of nitrogens with zero attached hydrogens (tertiary/aromatic N) is 2. The van der Waals surface area contributed by atoms with Gasteiger partial charge in [0.05, 0.1) is 4.92 Å². The topological polar surface area (TPSA) is 95.7 Å². The molecule has 0 radical (unpaired) electrons. The van der Waals surface area contributed by atoms with E-state index in [1.54, 1.807) is 17.0 Å². The Labute approximate surface area is 141 Å². The number of amides is 2. The van der Waals surface area contributed by atoms with E-state index in [0.717, 1.165) is 19.3 Å². The summed E-state index contributed by atoms with van der Waals surface area (Å²) >= 11 is 0. The van der Waals surface area contributed by atoms with E-state index in [1.165, 1.54) is 6.07 Å². The van der Waals surface area contributed by atoms with Crippen molar-refractivity contribution >= 4 is 17.4 Å². The summed E-state index contributed by atoms with van der Waals surface area (Å²) in [6.45, 7) is 5.21. The second kappa shape index (κ2) is 7.61. The molecule has 7 nitrogen and oxygen atoms in total. The quantitative estimate of drug-likeness (QED) is 0.638. The minimum atomic E-state index is -0.424. The zero-order chi connectivity index (χ0) is 17.7. The van der Waals surface area contributed by atoms with Crippen molar-refractivity contribution in [2.24, 2.45) is 5.41 Å². The number of benzene rings is 1. The number of hydrogen-bond donors (Lipinski definition) is 2. The molecular weight excluding hydrogens is 310 g/mol. The van der Waals surface area contributed by atoms with Crippen molar-refractivity contribution in [3.63, 3.8) is 0 Å². The lowest BCUT2D eigenvalue weighted by atomic mass is 9.77. The van der Waals surface area contributed by atoms with Gasteiger partial charge in [-0.3, -0.25) is 10.1 Å². The normalized spacial score (nSPS) is 16.7. The fourth-order valence-electron chi connectivity index (χ4n) is 3.12. The maximum atomic E-state index is 12.4. The van der Waals surface area contributed by atoms with Gasteiger partial charge in [-0.05, 0) is 37.2 Å². The van der Waals surface area contributed by atoms with Gasteiger partial charge in [0.2, 0.25) is 0 Å². The molecule has 1 fully saturated rings. The lowest BCUT2D eigenvalue weighted by molar-refractivity contribution is -0.385. The smallest absolute Gasteiger partial charge is 0.321 e. The van der Waals surface area contributed by atoms with Crippen LogP contribution in [-0.2, 0) is 6.42 Å². The highest BCUT2D eigenvalue weighted by atomic mass is 16.6. The number of piperidine rings is 1. The average Bonchev–Trinajstić information content (AvgIpc) is 2.61. The Balaban J connectivity index is 2.03. The molecule has 1 aliphatic heterocycles. The number of aliphatic hydroxyl groups excluding tert-OH is 1. The van der Waals surface area contributed by atoms with Gasteiger partial charge in [0.25, 0.3) is 5.69 Å². The van der Waals surface area contributed by atoms with E-state index in [4.69, 9.17) is 0 Å². The Morgan fingerprint density at radius 2 is 2.04 bits per heavy atom. The molecule has 0 spiro atoms. The zero-order valence-electron chi connectivity index (χ0n) is 14.2. The number of hydrogen-bond acceptors (Lipinski definition) is 4. The minimum Gasteiger partial charge on any atom is -0.396 e. The van der Waals surface area contributed by atoms with Gasteiger partial charge in [0.1, 0.15) is 0 Å². The highest BCUT2D eigenvalue weighted by molar-refractivity contribution is 5.89. The average molecular weight is 335 g/mol. The maximum absolute atomic E-state index is 12.4. The molecule has 0 aromatic heterocycles. The second-order valence-electron chi connectivity index (χ2n) is 6.38. The zero-order valence-corrected chi connectivity index (χ0v) is 14.2. The van der Waals surface area contributed by atoms with E-state index in [1.807, 2.05) is 6.92 Å². The van der Waals surface area contributed by atoms with Gasteiger partial charge in [-0.1, -0.05) is 19.9 Å². The van der Waals surface area contributed by atoms with Crippen molar-refractivity contribution in [1.29, 1.82) is 0 Å². The molecule has 1 aliphatic rings. The van der Waals surface area contributed by atoms with Crippen LogP contribution in [0.3, 0.4) is 0 Å². The number of carbonyl (C=O) groups excluding carboxylic acids is 1. The highest BCUT2D eigenvalue weighted by Crippen LogP contribution is 2.34. The molecule has 1 aromatic rings. The number of urea groups is 1. The van der Waals surface area contributed by atoms with Gasteiger partial charge in [0.15, 0.2) is 0 Å². The monoisotopic (exact) mass is 335 g/mol. The number of anilines is 1. The van der Waals surface area contributed by atoms with Gasteiger partial charge in [0, 0.05) is 37.0 Å². The number of nitro benzene ring substituents is 1. The van der Waals surface area contributed by atoms with Crippen LogP contribution in [0.1, 0.15) is 38.7 Å². The Bertz CT molecular complexity index is 604. The Hall–Kier alpha value is -2.15. The molecule has 24 heavy (non-hydrogen) atoms. The summed E-state index contributed by atoms with van der Waals surface area (Å²) in [6, 6.07) is 4.52. The van der Waals surface area contributed by atoms with Crippen molar-refractivity contribution in [3.05, 3.63) is 33.9 Å². The first-order valence-electron chi connectivity index (χ1n) is 8.39. The fourth-order valence-corrected chi connectivity index (χ4v) is 3.12. The summed E-state index contributed by atoms with van der Waals surface area (Å²) in [6.07, 6.45) is 2.99. The summed E-state index contributed by atoms with van der Waals surface area (Å²) in [5.74, 6) is 0. The van der Waals surface area contributed by atoms with Crippen LogP contribution in [0.2, 0.25) is 0 Å². The molecule has 7 heteroatoms. The van der Waals surface area contributed by atoms with E-state index >= 15 is 0 Å². The van der Waals surface area contributed by atoms with Gasteiger partial charge in [-0.2, -0.15) is 0 Å². The van der Waals surface area contributed by atoms with E-state index in [-0.39, 0.29) is 23.7 Å². The number of nitro groups is 1. The van der Waals surface area contributed by atoms with Gasteiger partial charge < -0.3 is 15.3 Å². The lowest BCUT2D eigenvalue weighted by Gasteiger charge is -2.40. The minimum absolute atomic E-state index is 0.0271. The molecular formula is C17H25N3O4. The maximum Gasteiger partial charge on any atom is 0.321 e. The van der Waals surface area contributed by atoms with Crippen LogP contribution in [0.25, 0.3) is 0 Å². The third-order valence-electron chi connectivity index (χ3n) is 5.11. The molecule has 132 valence electrons. The Morgan fingerprint density at radius 1 is 1.38 bits per heavy atom. The van der Waals surface area contributed by atoms with Crippen LogP contribution in [0, 0.1) is 15.5 Å². The van der Waals surface area contributed by atoms with Crippen LogP contribution in [0.5, 0.6) is 0 Å². The van der Waals surface area contributed by atoms with E-state index in [2.05, 4.69) is 12.2 Å². The van der Waals surface area contributed by atoms with Crippen molar-refractivity contribution < 1.29 is 14.8 Å². The predicted molar refractivity (Wildman–Crippen MR) is 92.1 cm³/mol. The van der Waals surface area contributed by atoms with Crippen LogP contribution in [0.4, 0.5) is 16.2 Å². The summed E-state index contributed by atoms with van der Waals surface area (Å²) in [5, 5.41) is 23.4. The molecule has 0 aliphatic carbocycles. The third kappa shape index (κ3) is 3.84. The van der Waals surface area contributed by atoms with E-state index in [0.29, 0.717) is 30.8 Å². The third-order valence-corrected chi connectivity index (χ3v) is 5.11. The van der Waals surface area contributed by atoms with E-state index in [9.17, 15) is 20.0 Å². The summed E-state index contributed by atoms with van der Waals surface area (Å²) in [4.78, 5) is 24.8. The summed E-state index contributed by atoms with van der Waals surface area (Å²) in [5.41, 5.74) is 1.02. The first-order chi connectivity index (χ1) is 11.4. The molecule has 0 saturated carbocycles. The van der Waals surface area contributed by atoms with Crippen LogP contribution < -0.4 is 5.32 Å². The summed E-state index contributed by atoms with van der Waals surface area (Å²) in [7, 11) is 0. The Kier molecular flexibility index (Phi) is 5.77. The highest BCUT2D eigenvalue weighted by Gasteiger charge is 2.34. The molecule has 2 rings (SSSR count). The predicted octanol–water partition coefficient (Wildman–Crippen LogP) is 3.17. The molecule has 1 aromatic carbocycles. The van der Waals surface area contributed by atoms with Crippen LogP contribution in [-0.4, -0.2) is 40.7 Å². The Morgan fingerprint density at radius 3 is 2.54 bits per heavy atom. The SMILES string of the molecule is CCc1ccc(NC(=O)N2CCC(CC)(CO)CC2)cc1[N+](=O)[O-]. The first-order valence-corrected chi connectivity index (χ1v) is 8.39. The number of nitrogens with one attached hydrogen (secondary N) is 1.